The molecule has 2 amide bonds. The normalized spacial score (nSPS) is 12.0. The minimum Gasteiger partial charge on any atom is -0.357 e. The number of halogens is 1. The summed E-state index contributed by atoms with van der Waals surface area (Å²) in [6.07, 6.45) is 0. The molecule has 0 radical (unpaired) electrons. The van der Waals surface area contributed by atoms with Crippen LogP contribution in [-0.2, 0) is 26.2 Å². The molecule has 0 spiro atoms. The van der Waals surface area contributed by atoms with Crippen molar-refractivity contribution in [3.8, 4) is 0 Å². The minimum absolute atomic E-state index is 0.0266. The Morgan fingerprint density at radius 3 is 2.22 bits per heavy atom. The van der Waals surface area contributed by atoms with Crippen LogP contribution in [0.25, 0.3) is 0 Å². The highest BCUT2D eigenvalue weighted by Gasteiger charge is 2.33. The number of likely N-dealkylation sites (N-methyl/N-ethyl adjacent to an activating group) is 1. The highest BCUT2D eigenvalue weighted by atomic mass is 32.2. The zero-order valence-electron chi connectivity index (χ0n) is 20.7. The molecule has 3 aromatic carbocycles. The first-order valence-corrected chi connectivity index (χ1v) is 12.9. The number of benzene rings is 3. The van der Waals surface area contributed by atoms with Gasteiger partial charge in [-0.25, -0.2) is 12.8 Å². The Hall–Kier alpha value is -3.72. The van der Waals surface area contributed by atoms with Crippen molar-refractivity contribution in [1.82, 2.24) is 10.2 Å². The second-order valence-corrected chi connectivity index (χ2v) is 10.3. The summed E-state index contributed by atoms with van der Waals surface area (Å²) >= 11 is 0. The lowest BCUT2D eigenvalue weighted by molar-refractivity contribution is -0.139. The van der Waals surface area contributed by atoms with E-state index in [0.29, 0.717) is 11.3 Å². The highest BCUT2D eigenvalue weighted by molar-refractivity contribution is 7.92. The van der Waals surface area contributed by atoms with Gasteiger partial charge >= 0.3 is 0 Å². The number of sulfonamides is 1. The van der Waals surface area contributed by atoms with E-state index in [1.807, 2.05) is 13.0 Å². The van der Waals surface area contributed by atoms with Crippen LogP contribution in [0.3, 0.4) is 0 Å². The molecule has 0 aliphatic carbocycles. The Morgan fingerprint density at radius 2 is 1.58 bits per heavy atom. The molecule has 0 bridgehead atoms. The molecule has 0 heterocycles. The SMILES string of the molecule is CNC(=O)[C@H](C)N(Cc1ccccc1F)C(=O)CN(c1cccc(C)c1C)S(=O)(=O)c1ccccc1. The fourth-order valence-electron chi connectivity index (χ4n) is 3.84. The van der Waals surface area contributed by atoms with Crippen molar-refractivity contribution in [3.63, 3.8) is 0 Å². The maximum atomic E-state index is 14.5. The van der Waals surface area contributed by atoms with E-state index in [1.54, 1.807) is 43.3 Å². The van der Waals surface area contributed by atoms with Crippen LogP contribution in [0, 0.1) is 19.7 Å². The average Bonchev–Trinajstić information content (AvgIpc) is 2.88. The van der Waals surface area contributed by atoms with E-state index in [4.69, 9.17) is 0 Å². The summed E-state index contributed by atoms with van der Waals surface area (Å²) in [6.45, 7) is 4.38. The van der Waals surface area contributed by atoms with E-state index in [2.05, 4.69) is 5.32 Å². The number of rotatable bonds is 9. The number of hydrogen-bond donors (Lipinski definition) is 1. The third kappa shape index (κ3) is 5.73. The molecule has 9 heteroatoms. The molecule has 1 atom stereocenters. The van der Waals surface area contributed by atoms with Gasteiger partial charge < -0.3 is 10.2 Å². The van der Waals surface area contributed by atoms with E-state index in [0.717, 1.165) is 9.87 Å². The molecule has 0 saturated heterocycles. The summed E-state index contributed by atoms with van der Waals surface area (Å²) in [5.74, 6) is -1.62. The van der Waals surface area contributed by atoms with Crippen LogP contribution in [0.15, 0.2) is 77.7 Å². The summed E-state index contributed by atoms with van der Waals surface area (Å²) < 4.78 is 43.0. The second-order valence-electron chi connectivity index (χ2n) is 8.45. The fourth-order valence-corrected chi connectivity index (χ4v) is 5.33. The minimum atomic E-state index is -4.14. The summed E-state index contributed by atoms with van der Waals surface area (Å²) in [5, 5.41) is 2.50. The van der Waals surface area contributed by atoms with E-state index in [9.17, 15) is 22.4 Å². The predicted octanol–water partition coefficient (Wildman–Crippen LogP) is 3.80. The largest absolute Gasteiger partial charge is 0.357 e. The smallest absolute Gasteiger partial charge is 0.264 e. The summed E-state index contributed by atoms with van der Waals surface area (Å²) in [4.78, 5) is 27.4. The van der Waals surface area contributed by atoms with Crippen molar-refractivity contribution in [1.29, 1.82) is 0 Å². The van der Waals surface area contributed by atoms with Gasteiger partial charge in [-0.1, -0.05) is 48.5 Å². The molecular formula is C27H30FN3O4S. The Bertz CT molecular complexity index is 1350. The molecule has 0 aliphatic rings. The van der Waals surface area contributed by atoms with Crippen LogP contribution >= 0.6 is 0 Å². The Balaban J connectivity index is 2.08. The van der Waals surface area contributed by atoms with Gasteiger partial charge in [-0.2, -0.15) is 0 Å². The van der Waals surface area contributed by atoms with Gasteiger partial charge in [0.05, 0.1) is 10.6 Å². The van der Waals surface area contributed by atoms with Crippen molar-refractivity contribution in [2.45, 2.75) is 38.3 Å². The molecule has 7 nitrogen and oxygen atoms in total. The number of carbonyl (C=O) groups excluding carboxylic acids is 2. The molecule has 190 valence electrons. The average molecular weight is 512 g/mol. The molecule has 0 fully saturated rings. The lowest BCUT2D eigenvalue weighted by Crippen LogP contribution is -2.51. The third-order valence-electron chi connectivity index (χ3n) is 6.17. The van der Waals surface area contributed by atoms with Gasteiger partial charge in [0.1, 0.15) is 18.4 Å². The molecule has 0 aromatic heterocycles. The monoisotopic (exact) mass is 511 g/mol. The van der Waals surface area contributed by atoms with Crippen molar-refractivity contribution >= 4 is 27.5 Å². The quantitative estimate of drug-likeness (QED) is 0.474. The Morgan fingerprint density at radius 1 is 0.944 bits per heavy atom. The molecular weight excluding hydrogens is 481 g/mol. The van der Waals surface area contributed by atoms with Gasteiger partial charge in [-0.3, -0.25) is 13.9 Å². The van der Waals surface area contributed by atoms with Crippen LogP contribution in [-0.4, -0.2) is 44.8 Å². The maximum Gasteiger partial charge on any atom is 0.264 e. The van der Waals surface area contributed by atoms with Crippen LogP contribution in [0.1, 0.15) is 23.6 Å². The zero-order valence-corrected chi connectivity index (χ0v) is 21.5. The maximum absolute atomic E-state index is 14.5. The Labute approximate surface area is 211 Å². The number of hydrogen-bond acceptors (Lipinski definition) is 4. The summed E-state index contributed by atoms with van der Waals surface area (Å²) in [5.41, 5.74) is 2.12. The second kappa shape index (κ2) is 11.3. The van der Waals surface area contributed by atoms with Crippen molar-refractivity contribution in [3.05, 3.63) is 95.3 Å². The number of aryl methyl sites for hydroxylation is 1. The molecule has 1 N–H and O–H groups in total. The van der Waals surface area contributed by atoms with Crippen molar-refractivity contribution < 1.29 is 22.4 Å². The van der Waals surface area contributed by atoms with Gasteiger partial charge in [0.15, 0.2) is 0 Å². The Kier molecular flexibility index (Phi) is 8.47. The highest BCUT2D eigenvalue weighted by Crippen LogP contribution is 2.29. The summed E-state index contributed by atoms with van der Waals surface area (Å²) in [6, 6.07) is 18.0. The molecule has 0 saturated carbocycles. The van der Waals surface area contributed by atoms with E-state index < -0.39 is 40.2 Å². The zero-order chi connectivity index (χ0) is 26.5. The van der Waals surface area contributed by atoms with E-state index in [1.165, 1.54) is 49.2 Å². The first-order valence-electron chi connectivity index (χ1n) is 11.5. The van der Waals surface area contributed by atoms with Crippen molar-refractivity contribution in [2.24, 2.45) is 0 Å². The summed E-state index contributed by atoms with van der Waals surface area (Å²) in [7, 11) is -2.71. The van der Waals surface area contributed by atoms with Gasteiger partial charge in [0.25, 0.3) is 10.0 Å². The fraction of sp³-hybridized carbons (Fsp3) is 0.259. The van der Waals surface area contributed by atoms with Crippen LogP contribution in [0.2, 0.25) is 0 Å². The molecule has 0 unspecified atom stereocenters. The van der Waals surface area contributed by atoms with Crippen molar-refractivity contribution in [2.75, 3.05) is 17.9 Å². The standard InChI is InChI=1S/C27H30FN3O4S/c1-19-11-10-16-25(20(19)2)31(36(34,35)23-13-6-5-7-14-23)18-26(32)30(21(3)27(33)29-4)17-22-12-8-9-15-24(22)28/h5-16,21H,17-18H2,1-4H3,(H,29,33)/t21-/m0/s1. The first-order chi connectivity index (χ1) is 17.1. The van der Waals surface area contributed by atoms with Gasteiger partial charge in [-0.15, -0.1) is 0 Å². The van der Waals surface area contributed by atoms with Crippen LogP contribution in [0.4, 0.5) is 10.1 Å². The molecule has 3 aromatic rings. The van der Waals surface area contributed by atoms with Crippen LogP contribution in [0.5, 0.6) is 0 Å². The topological polar surface area (TPSA) is 86.8 Å². The first kappa shape index (κ1) is 26.9. The van der Waals surface area contributed by atoms with E-state index in [-0.39, 0.29) is 17.0 Å². The molecule has 36 heavy (non-hydrogen) atoms. The number of nitrogens with one attached hydrogen (secondary N) is 1. The van der Waals surface area contributed by atoms with E-state index >= 15 is 0 Å². The van der Waals surface area contributed by atoms with Crippen LogP contribution < -0.4 is 9.62 Å². The number of carbonyl (C=O) groups is 2. The third-order valence-corrected chi connectivity index (χ3v) is 7.94. The molecule has 3 rings (SSSR count). The number of amides is 2. The lowest BCUT2D eigenvalue weighted by Gasteiger charge is -2.32. The lowest BCUT2D eigenvalue weighted by atomic mass is 10.1. The van der Waals surface area contributed by atoms with Gasteiger partial charge in [0, 0.05) is 19.2 Å². The van der Waals surface area contributed by atoms with Gasteiger partial charge in [-0.05, 0) is 56.2 Å². The number of anilines is 1. The number of nitrogens with zero attached hydrogens (tertiary/aromatic N) is 2. The predicted molar refractivity (Wildman–Crippen MR) is 137 cm³/mol. The molecule has 0 aliphatic heterocycles. The van der Waals surface area contributed by atoms with Gasteiger partial charge in [0.2, 0.25) is 11.8 Å².